The lowest BCUT2D eigenvalue weighted by Gasteiger charge is -2.31. The number of halogens is 6. The Hall–Kier alpha value is -2.46. The summed E-state index contributed by atoms with van der Waals surface area (Å²) in [5.41, 5.74) is -2.05. The first-order valence-electron chi connectivity index (χ1n) is 11.0. The van der Waals surface area contributed by atoms with E-state index in [1.165, 1.54) is 12.1 Å². The maximum Gasteiger partial charge on any atom is 0.426 e. The third-order valence-electron chi connectivity index (χ3n) is 5.44. The lowest BCUT2D eigenvalue weighted by molar-refractivity contribution is -0.280. The van der Waals surface area contributed by atoms with Crippen molar-refractivity contribution in [3.05, 3.63) is 59.2 Å². The van der Waals surface area contributed by atoms with E-state index < -0.39 is 46.8 Å². The highest BCUT2D eigenvalue weighted by molar-refractivity contribution is 5.34. The van der Waals surface area contributed by atoms with E-state index in [2.05, 4.69) is 4.74 Å². The quantitative estimate of drug-likeness (QED) is 0.338. The second-order valence-corrected chi connectivity index (χ2v) is 7.80. The van der Waals surface area contributed by atoms with Crippen molar-refractivity contribution < 1.29 is 45.3 Å². The molecule has 2 aromatic rings. The molecule has 0 radical (unpaired) electrons. The van der Waals surface area contributed by atoms with Crippen molar-refractivity contribution in [2.24, 2.45) is 0 Å². The van der Waals surface area contributed by atoms with E-state index in [1.54, 1.807) is 6.92 Å². The van der Waals surface area contributed by atoms with Crippen molar-refractivity contribution in [3.63, 3.8) is 0 Å². The SMILES string of the molecule is CCOc1ccc(C(F)(F)Oc2ccc(C(F)(F)OC3CCC(OCC)CC3)c(F)c2F)cc1. The van der Waals surface area contributed by atoms with Gasteiger partial charge in [0, 0.05) is 6.61 Å². The third-order valence-corrected chi connectivity index (χ3v) is 5.44. The van der Waals surface area contributed by atoms with Crippen LogP contribution in [0.15, 0.2) is 36.4 Å². The second kappa shape index (κ2) is 10.9. The Morgan fingerprint density at radius 3 is 1.97 bits per heavy atom. The van der Waals surface area contributed by atoms with E-state index in [4.69, 9.17) is 14.2 Å². The van der Waals surface area contributed by atoms with Gasteiger partial charge in [-0.2, -0.15) is 22.0 Å². The lowest BCUT2D eigenvalue weighted by atomic mass is 9.95. The van der Waals surface area contributed by atoms with Gasteiger partial charge in [-0.1, -0.05) is 0 Å². The summed E-state index contributed by atoms with van der Waals surface area (Å²) in [7, 11) is 0. The smallest absolute Gasteiger partial charge is 0.426 e. The average Bonchev–Trinajstić information content (AvgIpc) is 2.79. The first kappa shape index (κ1) is 26.2. The summed E-state index contributed by atoms with van der Waals surface area (Å²) in [6.07, 6.45) is -7.63. The van der Waals surface area contributed by atoms with Crippen LogP contribution in [-0.4, -0.2) is 25.4 Å². The van der Waals surface area contributed by atoms with E-state index in [1.807, 2.05) is 6.92 Å². The maximum atomic E-state index is 14.6. The van der Waals surface area contributed by atoms with Gasteiger partial charge in [0.05, 0.1) is 29.9 Å². The largest absolute Gasteiger partial charge is 0.494 e. The van der Waals surface area contributed by atoms with Gasteiger partial charge in [0.15, 0.2) is 11.6 Å². The summed E-state index contributed by atoms with van der Waals surface area (Å²) in [5.74, 6) is -4.87. The van der Waals surface area contributed by atoms with Crippen LogP contribution in [0.3, 0.4) is 0 Å². The zero-order chi connectivity index (χ0) is 24.9. The molecule has 0 saturated heterocycles. The summed E-state index contributed by atoms with van der Waals surface area (Å²) in [6.45, 7) is 4.37. The first-order chi connectivity index (χ1) is 16.1. The molecule has 1 aliphatic rings. The van der Waals surface area contributed by atoms with Crippen LogP contribution in [0, 0.1) is 11.6 Å². The van der Waals surface area contributed by atoms with Crippen molar-refractivity contribution in [2.45, 2.75) is 64.0 Å². The normalized spacial score (nSPS) is 19.2. The summed E-state index contributed by atoms with van der Waals surface area (Å²) < 4.78 is 107. The number of ether oxygens (including phenoxy) is 4. The molecule has 0 aliphatic heterocycles. The molecule has 1 aliphatic carbocycles. The van der Waals surface area contributed by atoms with E-state index in [0.717, 1.165) is 12.1 Å². The van der Waals surface area contributed by atoms with Crippen LogP contribution in [0.1, 0.15) is 50.7 Å². The van der Waals surface area contributed by atoms with Crippen molar-refractivity contribution in [1.82, 2.24) is 0 Å². The molecule has 1 fully saturated rings. The molecule has 1 saturated carbocycles. The summed E-state index contributed by atoms with van der Waals surface area (Å²) in [4.78, 5) is 0. The van der Waals surface area contributed by atoms with Gasteiger partial charge in [0.2, 0.25) is 5.82 Å². The van der Waals surface area contributed by atoms with Gasteiger partial charge in [-0.25, -0.2) is 4.39 Å². The van der Waals surface area contributed by atoms with Crippen LogP contribution >= 0.6 is 0 Å². The minimum absolute atomic E-state index is 0.0545. The fourth-order valence-electron chi connectivity index (χ4n) is 3.77. The van der Waals surface area contributed by atoms with Crippen LogP contribution in [0.25, 0.3) is 0 Å². The van der Waals surface area contributed by atoms with E-state index in [9.17, 15) is 26.3 Å². The monoisotopic (exact) mass is 492 g/mol. The molecule has 0 N–H and O–H groups in total. The van der Waals surface area contributed by atoms with Crippen LogP contribution in [0.5, 0.6) is 11.5 Å². The Kier molecular flexibility index (Phi) is 8.35. The highest BCUT2D eigenvalue weighted by atomic mass is 19.3. The fourth-order valence-corrected chi connectivity index (χ4v) is 3.77. The van der Waals surface area contributed by atoms with Crippen molar-refractivity contribution in [2.75, 3.05) is 13.2 Å². The molecule has 188 valence electrons. The summed E-state index contributed by atoms with van der Waals surface area (Å²) in [5, 5.41) is 0. The predicted molar refractivity (Wildman–Crippen MR) is 111 cm³/mol. The number of rotatable bonds is 10. The van der Waals surface area contributed by atoms with Crippen molar-refractivity contribution in [1.29, 1.82) is 0 Å². The van der Waals surface area contributed by atoms with Crippen LogP contribution in [0.2, 0.25) is 0 Å². The molecular formula is C24H26F6O4. The zero-order valence-corrected chi connectivity index (χ0v) is 18.8. The van der Waals surface area contributed by atoms with Gasteiger partial charge in [-0.05, 0) is 75.9 Å². The van der Waals surface area contributed by atoms with Gasteiger partial charge >= 0.3 is 12.2 Å². The molecule has 4 nitrogen and oxygen atoms in total. The van der Waals surface area contributed by atoms with E-state index >= 15 is 0 Å². The Morgan fingerprint density at radius 2 is 1.38 bits per heavy atom. The van der Waals surface area contributed by atoms with Crippen molar-refractivity contribution in [3.8, 4) is 11.5 Å². The molecule has 0 amide bonds. The predicted octanol–water partition coefficient (Wildman–Crippen LogP) is 6.91. The van der Waals surface area contributed by atoms with E-state index in [0.29, 0.717) is 43.9 Å². The van der Waals surface area contributed by atoms with Crippen LogP contribution in [0.4, 0.5) is 26.3 Å². The van der Waals surface area contributed by atoms with Gasteiger partial charge in [0.1, 0.15) is 5.75 Å². The fraction of sp³-hybridized carbons (Fsp3) is 0.500. The summed E-state index contributed by atoms with van der Waals surface area (Å²) in [6, 6.07) is 5.52. The third kappa shape index (κ3) is 6.15. The molecule has 0 aromatic heterocycles. The first-order valence-corrected chi connectivity index (χ1v) is 11.0. The molecule has 34 heavy (non-hydrogen) atoms. The molecule has 0 spiro atoms. The van der Waals surface area contributed by atoms with Gasteiger partial charge in [-0.15, -0.1) is 0 Å². The maximum absolute atomic E-state index is 14.6. The molecule has 10 heteroatoms. The summed E-state index contributed by atoms with van der Waals surface area (Å²) >= 11 is 0. The minimum Gasteiger partial charge on any atom is -0.494 e. The standard InChI is InChI=1S/C24H26F6O4/c1-3-31-16-7-5-15(6-8-16)23(27,28)34-20-14-13-19(21(25)22(20)26)24(29,30)33-18-11-9-17(10-12-18)32-4-2/h5-8,13-14,17-18H,3-4,9-12H2,1-2H3. The number of alkyl halides is 4. The second-order valence-electron chi connectivity index (χ2n) is 7.80. The Balaban J connectivity index is 1.72. The van der Waals surface area contributed by atoms with Crippen LogP contribution in [-0.2, 0) is 21.7 Å². The highest BCUT2D eigenvalue weighted by Gasteiger charge is 2.42. The molecule has 2 aromatic carbocycles. The van der Waals surface area contributed by atoms with Gasteiger partial charge < -0.3 is 18.9 Å². The number of hydrogen-bond donors (Lipinski definition) is 0. The molecule has 3 rings (SSSR count). The Labute approximate surface area is 193 Å². The van der Waals surface area contributed by atoms with E-state index in [-0.39, 0.29) is 18.9 Å². The highest BCUT2D eigenvalue weighted by Crippen LogP contribution is 2.40. The Morgan fingerprint density at radius 1 is 0.765 bits per heavy atom. The molecular weight excluding hydrogens is 466 g/mol. The van der Waals surface area contributed by atoms with Crippen LogP contribution < -0.4 is 9.47 Å². The zero-order valence-electron chi connectivity index (χ0n) is 18.8. The van der Waals surface area contributed by atoms with Crippen molar-refractivity contribution >= 4 is 0 Å². The number of benzene rings is 2. The molecule has 0 unspecified atom stereocenters. The lowest BCUT2D eigenvalue weighted by Crippen LogP contribution is -2.32. The minimum atomic E-state index is -4.16. The molecule has 0 bridgehead atoms. The van der Waals surface area contributed by atoms with Gasteiger partial charge in [0.25, 0.3) is 0 Å². The average molecular weight is 492 g/mol. The Bertz CT molecular complexity index is 943. The molecule has 0 atom stereocenters. The molecule has 0 heterocycles. The topological polar surface area (TPSA) is 36.9 Å². The number of hydrogen-bond acceptors (Lipinski definition) is 4. The van der Waals surface area contributed by atoms with Gasteiger partial charge in [-0.3, -0.25) is 0 Å².